The van der Waals surface area contributed by atoms with Gasteiger partial charge in [0.05, 0.1) is 28.4 Å². The first kappa shape index (κ1) is 35.1. The van der Waals surface area contributed by atoms with Gasteiger partial charge >= 0.3 is 5.97 Å². The minimum absolute atomic E-state index is 0.211. The number of anilines is 1. The summed E-state index contributed by atoms with van der Waals surface area (Å²) in [5.74, 6) is -1.59. The summed E-state index contributed by atoms with van der Waals surface area (Å²) < 4.78 is 51.3. The van der Waals surface area contributed by atoms with E-state index in [2.05, 4.69) is 10.3 Å². The number of amides is 2. The molecule has 0 atom stereocenters. The summed E-state index contributed by atoms with van der Waals surface area (Å²) in [5, 5.41) is 5.39. The molecule has 2 amide bonds. The van der Waals surface area contributed by atoms with Gasteiger partial charge in [0.1, 0.15) is 18.2 Å². The molecule has 0 unspecified atom stereocenters. The Morgan fingerprint density at radius 3 is 2.24 bits per heavy atom. The Hall–Kier alpha value is -5.79. The van der Waals surface area contributed by atoms with Crippen LogP contribution in [0.2, 0.25) is 0 Å². The minimum Gasteiger partial charge on any atom is -0.488 e. The highest BCUT2D eigenvalue weighted by Crippen LogP contribution is 2.34. The summed E-state index contributed by atoms with van der Waals surface area (Å²) >= 11 is 1.16. The zero-order valence-electron chi connectivity index (χ0n) is 27.1. The van der Waals surface area contributed by atoms with Crippen molar-refractivity contribution in [1.82, 2.24) is 4.72 Å². The second kappa shape index (κ2) is 15.4. The number of sulfonamides is 1. The quantitative estimate of drug-likeness (QED) is 0.110. The third kappa shape index (κ3) is 8.87. The van der Waals surface area contributed by atoms with E-state index in [9.17, 15) is 27.2 Å². The lowest BCUT2D eigenvalue weighted by atomic mass is 10.1. The number of benzene rings is 5. The monoisotopic (exact) mass is 723 g/mol. The van der Waals surface area contributed by atoms with Crippen LogP contribution in [0.5, 0.6) is 5.75 Å². The van der Waals surface area contributed by atoms with E-state index in [0.29, 0.717) is 44.8 Å². The average Bonchev–Trinajstić information content (AvgIpc) is 3.45. The number of hydrogen-bond donors (Lipinski definition) is 2. The maximum Gasteiger partial charge on any atom is 0.338 e. The molecular formula is C38H30FN3O7S2. The fourth-order valence-corrected chi connectivity index (χ4v) is 6.87. The van der Waals surface area contributed by atoms with Crippen molar-refractivity contribution in [1.29, 1.82) is 0 Å². The first-order valence-corrected chi connectivity index (χ1v) is 18.0. The molecule has 6 rings (SSSR count). The number of aliphatic imine (C=N–C) groups is 1. The topological polar surface area (TPSA) is 140 Å². The summed E-state index contributed by atoms with van der Waals surface area (Å²) in [5.41, 5.74) is 3.13. The molecule has 5 aromatic carbocycles. The smallest absolute Gasteiger partial charge is 0.338 e. The van der Waals surface area contributed by atoms with Crippen LogP contribution >= 0.6 is 11.8 Å². The maximum atomic E-state index is 13.2. The molecule has 0 fully saturated rings. The molecular weight excluding hydrogens is 694 g/mol. The van der Waals surface area contributed by atoms with E-state index in [1.807, 2.05) is 41.1 Å². The molecule has 0 radical (unpaired) electrons. The van der Waals surface area contributed by atoms with Crippen LogP contribution < -0.4 is 14.8 Å². The van der Waals surface area contributed by atoms with Crippen molar-refractivity contribution < 1.29 is 36.7 Å². The summed E-state index contributed by atoms with van der Waals surface area (Å²) in [6.07, 6.45) is 1.52. The number of amidine groups is 1. The van der Waals surface area contributed by atoms with Gasteiger partial charge in [-0.25, -0.2) is 22.3 Å². The van der Waals surface area contributed by atoms with E-state index >= 15 is 0 Å². The molecule has 1 aliphatic heterocycles. The van der Waals surface area contributed by atoms with Gasteiger partial charge in [-0.15, -0.1) is 0 Å². The van der Waals surface area contributed by atoms with E-state index in [1.165, 1.54) is 0 Å². The Bertz CT molecular complexity index is 2290. The van der Waals surface area contributed by atoms with Crippen molar-refractivity contribution in [3.8, 4) is 5.75 Å². The van der Waals surface area contributed by atoms with Gasteiger partial charge in [0, 0.05) is 11.3 Å². The molecule has 0 spiro atoms. The average molecular weight is 724 g/mol. The number of fused-ring (bicyclic) bond motifs is 1. The number of carbonyl (C=O) groups excluding carboxylic acids is 3. The highest BCUT2D eigenvalue weighted by Gasteiger charge is 2.23. The maximum absolute atomic E-state index is 13.2. The summed E-state index contributed by atoms with van der Waals surface area (Å²) in [4.78, 5) is 41.7. The summed E-state index contributed by atoms with van der Waals surface area (Å²) in [6.45, 7) is 2.27. The highest BCUT2D eigenvalue weighted by molar-refractivity contribution is 8.18. The van der Waals surface area contributed by atoms with Gasteiger partial charge in [-0.1, -0.05) is 48.5 Å². The predicted molar refractivity (Wildman–Crippen MR) is 194 cm³/mol. The number of nitrogens with zero attached hydrogens (tertiary/aromatic N) is 1. The number of thioether (sulfide) groups is 1. The minimum atomic E-state index is -4.15. The number of rotatable bonds is 11. The van der Waals surface area contributed by atoms with Crippen molar-refractivity contribution in [2.45, 2.75) is 24.8 Å². The largest absolute Gasteiger partial charge is 0.488 e. The Labute approximate surface area is 297 Å². The normalized spacial score (nSPS) is 13.6. The molecule has 0 aromatic heterocycles. The van der Waals surface area contributed by atoms with Gasteiger partial charge in [0.2, 0.25) is 5.91 Å². The molecule has 13 heteroatoms. The van der Waals surface area contributed by atoms with Crippen LogP contribution in [0.15, 0.2) is 124 Å². The van der Waals surface area contributed by atoms with E-state index in [-0.39, 0.29) is 23.9 Å². The van der Waals surface area contributed by atoms with Crippen LogP contribution in [0, 0.1) is 5.82 Å². The lowest BCUT2D eigenvalue weighted by Gasteiger charge is -2.12. The van der Waals surface area contributed by atoms with Gasteiger partial charge in [-0.2, -0.15) is 4.99 Å². The van der Waals surface area contributed by atoms with E-state index in [1.54, 1.807) is 61.5 Å². The fraction of sp³-hybridized carbons (Fsp3) is 0.105. The second-order valence-corrected chi connectivity index (χ2v) is 14.0. The van der Waals surface area contributed by atoms with Crippen LogP contribution in [0.4, 0.5) is 10.1 Å². The number of nitrogens with one attached hydrogen (secondary N) is 2. The molecule has 0 saturated heterocycles. The molecule has 258 valence electrons. The lowest BCUT2D eigenvalue weighted by molar-refractivity contribution is -0.118. The number of ether oxygens (including phenoxy) is 2. The van der Waals surface area contributed by atoms with Crippen molar-refractivity contribution in [2.75, 3.05) is 11.9 Å². The molecule has 1 heterocycles. The zero-order chi connectivity index (χ0) is 36.0. The molecule has 10 nitrogen and oxygen atoms in total. The predicted octanol–water partition coefficient (Wildman–Crippen LogP) is 6.86. The van der Waals surface area contributed by atoms with Crippen LogP contribution in [0.3, 0.4) is 0 Å². The van der Waals surface area contributed by atoms with Gasteiger partial charge in [-0.3, -0.25) is 9.59 Å². The third-order valence-corrected chi connectivity index (χ3v) is 9.87. The number of hydrogen-bond acceptors (Lipinski definition) is 9. The summed E-state index contributed by atoms with van der Waals surface area (Å²) in [7, 11) is -4.15. The van der Waals surface area contributed by atoms with E-state index < -0.39 is 27.7 Å². The Kier molecular flexibility index (Phi) is 10.6. The summed E-state index contributed by atoms with van der Waals surface area (Å²) in [6, 6.07) is 29.5. The van der Waals surface area contributed by atoms with Gasteiger partial charge < -0.3 is 14.8 Å². The molecule has 5 aromatic rings. The standard InChI is InChI=1S/C38H30FN3O7S2/c1-2-48-37(45)26-11-7-25(8-12-26)23-49-33-21-28-6-4-3-5-27(28)20-29(33)22-34-36(44)41-38(50-34)40-31-15-9-24(10-16-31)19-35(43)42-51(46,47)32-17-13-30(39)14-18-32/h3-18,20-22H,2,19,23H2,1H3,(H,42,43)(H,40,41,44)/b34-22+. The molecule has 0 bridgehead atoms. The molecule has 51 heavy (non-hydrogen) atoms. The van der Waals surface area contributed by atoms with Crippen molar-refractivity contribution in [3.05, 3.63) is 142 Å². The van der Waals surface area contributed by atoms with Gasteiger partial charge in [-0.05, 0) is 107 Å². The third-order valence-electron chi connectivity index (χ3n) is 7.59. The van der Waals surface area contributed by atoms with E-state index in [4.69, 9.17) is 9.47 Å². The first-order chi connectivity index (χ1) is 24.6. The lowest BCUT2D eigenvalue weighted by Crippen LogP contribution is -2.31. The van der Waals surface area contributed by atoms with E-state index in [0.717, 1.165) is 52.4 Å². The SMILES string of the molecule is CCOC(=O)c1ccc(COc2cc3ccccc3cc2/C=C2/SC(Nc3ccc(CC(=O)NS(=O)(=O)c4ccc(F)cc4)cc3)=NC2=O)cc1. The van der Waals surface area contributed by atoms with Crippen LogP contribution in [-0.2, 0) is 37.4 Å². The van der Waals surface area contributed by atoms with Crippen molar-refractivity contribution >= 4 is 67.3 Å². The molecule has 0 saturated carbocycles. The fourth-order valence-electron chi connectivity index (χ4n) is 5.06. The van der Waals surface area contributed by atoms with Gasteiger partial charge in [0.25, 0.3) is 15.9 Å². The first-order valence-electron chi connectivity index (χ1n) is 15.7. The molecule has 2 N–H and O–H groups in total. The molecule has 0 aliphatic carbocycles. The highest BCUT2D eigenvalue weighted by atomic mass is 32.2. The Morgan fingerprint density at radius 2 is 1.55 bits per heavy atom. The Morgan fingerprint density at radius 1 is 0.882 bits per heavy atom. The number of halogens is 1. The second-order valence-electron chi connectivity index (χ2n) is 11.3. The molecule has 1 aliphatic rings. The van der Waals surface area contributed by atoms with Crippen molar-refractivity contribution in [3.63, 3.8) is 0 Å². The van der Waals surface area contributed by atoms with Crippen LogP contribution in [0.1, 0.15) is 34.0 Å². The van der Waals surface area contributed by atoms with Crippen molar-refractivity contribution in [2.24, 2.45) is 4.99 Å². The van der Waals surface area contributed by atoms with Crippen LogP contribution in [-0.4, -0.2) is 38.0 Å². The number of esters is 1. The zero-order valence-corrected chi connectivity index (χ0v) is 28.7. The van der Waals surface area contributed by atoms with Gasteiger partial charge in [0.15, 0.2) is 5.17 Å². The Balaban J connectivity index is 1.10. The van der Waals surface area contributed by atoms with Crippen LogP contribution in [0.25, 0.3) is 16.8 Å². The number of carbonyl (C=O) groups is 3.